The highest BCUT2D eigenvalue weighted by atomic mass is 16.6. The maximum absolute atomic E-state index is 12.5. The molecule has 0 unspecified atom stereocenters. The van der Waals surface area contributed by atoms with Crippen LogP contribution < -0.4 is 5.32 Å². The first kappa shape index (κ1) is 16.9. The lowest BCUT2D eigenvalue weighted by molar-refractivity contribution is -0.384. The van der Waals surface area contributed by atoms with Gasteiger partial charge in [-0.15, -0.1) is 0 Å². The third-order valence-corrected chi connectivity index (χ3v) is 3.96. The Bertz CT molecular complexity index is 741. The summed E-state index contributed by atoms with van der Waals surface area (Å²) in [5.41, 5.74) is 0.585. The number of nitrogens with one attached hydrogen (secondary N) is 1. The minimum atomic E-state index is -0.480. The zero-order valence-corrected chi connectivity index (χ0v) is 13.6. The van der Waals surface area contributed by atoms with Gasteiger partial charge in [-0.2, -0.15) is 5.10 Å². The molecule has 0 saturated carbocycles. The van der Waals surface area contributed by atoms with E-state index < -0.39 is 4.92 Å². The van der Waals surface area contributed by atoms with E-state index in [0.29, 0.717) is 50.6 Å². The Morgan fingerprint density at radius 3 is 2.84 bits per heavy atom. The third-order valence-electron chi connectivity index (χ3n) is 3.96. The molecule has 0 radical (unpaired) electrons. The number of anilines is 1. The Hall–Kier alpha value is -2.94. The Labute approximate surface area is 144 Å². The molecule has 1 fully saturated rings. The molecule has 25 heavy (non-hydrogen) atoms. The van der Waals surface area contributed by atoms with Crippen molar-refractivity contribution in [3.63, 3.8) is 0 Å². The van der Waals surface area contributed by atoms with E-state index in [9.17, 15) is 14.9 Å². The molecule has 9 heteroatoms. The number of morpholine rings is 1. The number of nitro benzene ring substituents is 1. The molecule has 1 aromatic carbocycles. The molecule has 1 N–H and O–H groups in total. The van der Waals surface area contributed by atoms with Gasteiger partial charge in [-0.1, -0.05) is 0 Å². The summed E-state index contributed by atoms with van der Waals surface area (Å²) < 4.78 is 6.95. The zero-order chi connectivity index (χ0) is 17.6. The Kier molecular flexibility index (Phi) is 5.24. The van der Waals surface area contributed by atoms with Gasteiger partial charge in [-0.3, -0.25) is 19.6 Å². The molecule has 1 saturated heterocycles. The second kappa shape index (κ2) is 7.75. The monoisotopic (exact) mass is 345 g/mol. The van der Waals surface area contributed by atoms with Crippen molar-refractivity contribution in [1.29, 1.82) is 0 Å². The van der Waals surface area contributed by atoms with Crippen molar-refractivity contribution in [2.24, 2.45) is 0 Å². The lowest BCUT2D eigenvalue weighted by atomic mass is 10.1. The van der Waals surface area contributed by atoms with Crippen molar-refractivity contribution in [2.45, 2.75) is 6.54 Å². The minimum Gasteiger partial charge on any atom is -0.378 e. The molecule has 0 bridgehead atoms. The summed E-state index contributed by atoms with van der Waals surface area (Å²) in [6.07, 6.45) is 3.49. The van der Waals surface area contributed by atoms with Gasteiger partial charge in [0, 0.05) is 43.7 Å². The van der Waals surface area contributed by atoms with Gasteiger partial charge in [-0.05, 0) is 18.2 Å². The molecule has 9 nitrogen and oxygen atoms in total. The van der Waals surface area contributed by atoms with Crippen LogP contribution in [0.4, 0.5) is 11.4 Å². The zero-order valence-electron chi connectivity index (χ0n) is 13.6. The number of amides is 1. The molecule has 1 aromatic heterocycles. The van der Waals surface area contributed by atoms with Crippen molar-refractivity contribution in [1.82, 2.24) is 14.7 Å². The third kappa shape index (κ3) is 4.13. The van der Waals surface area contributed by atoms with Crippen molar-refractivity contribution < 1.29 is 14.5 Å². The summed E-state index contributed by atoms with van der Waals surface area (Å²) in [7, 11) is 0. The molecule has 1 amide bonds. The van der Waals surface area contributed by atoms with Gasteiger partial charge >= 0.3 is 0 Å². The van der Waals surface area contributed by atoms with Crippen molar-refractivity contribution in [3.05, 3.63) is 52.3 Å². The molecule has 132 valence electrons. The highest BCUT2D eigenvalue weighted by Gasteiger charge is 2.22. The summed E-state index contributed by atoms with van der Waals surface area (Å²) >= 11 is 0. The fourth-order valence-corrected chi connectivity index (χ4v) is 2.65. The van der Waals surface area contributed by atoms with Crippen LogP contribution in [0.3, 0.4) is 0 Å². The second-order valence-corrected chi connectivity index (χ2v) is 5.59. The molecule has 1 aliphatic heterocycles. The molecule has 2 heterocycles. The Morgan fingerprint density at radius 2 is 2.16 bits per heavy atom. The van der Waals surface area contributed by atoms with E-state index >= 15 is 0 Å². The molecule has 0 aliphatic carbocycles. The highest BCUT2D eigenvalue weighted by Crippen LogP contribution is 2.26. The number of hydrogen-bond acceptors (Lipinski definition) is 6. The van der Waals surface area contributed by atoms with E-state index in [1.807, 2.05) is 12.3 Å². The van der Waals surface area contributed by atoms with Gasteiger partial charge in [0.05, 0.1) is 24.7 Å². The number of carbonyl (C=O) groups is 1. The summed E-state index contributed by atoms with van der Waals surface area (Å²) in [5.74, 6) is -0.213. The Balaban J connectivity index is 1.71. The number of nitrogens with zero attached hydrogens (tertiary/aromatic N) is 4. The lowest BCUT2D eigenvalue weighted by Gasteiger charge is -2.26. The SMILES string of the molecule is O=C(c1ccc(NCCn2cccn2)c([N+](=O)[O-])c1)N1CCOCC1. The van der Waals surface area contributed by atoms with Gasteiger partial charge in [0.25, 0.3) is 11.6 Å². The van der Waals surface area contributed by atoms with Gasteiger partial charge in [-0.25, -0.2) is 0 Å². The molecule has 3 rings (SSSR count). The largest absolute Gasteiger partial charge is 0.378 e. The summed E-state index contributed by atoms with van der Waals surface area (Å²) in [4.78, 5) is 25.0. The number of carbonyl (C=O) groups excluding carboxylic acids is 1. The van der Waals surface area contributed by atoms with Crippen LogP contribution >= 0.6 is 0 Å². The Morgan fingerprint density at radius 1 is 1.36 bits per heavy atom. The molecular formula is C16H19N5O4. The number of ether oxygens (including phenoxy) is 1. The summed E-state index contributed by atoms with van der Waals surface area (Å²) in [6.45, 7) is 3.03. The van der Waals surface area contributed by atoms with E-state index in [0.717, 1.165) is 0 Å². The van der Waals surface area contributed by atoms with Crippen molar-refractivity contribution >= 4 is 17.3 Å². The number of nitro groups is 1. The first-order chi connectivity index (χ1) is 12.1. The summed E-state index contributed by atoms with van der Waals surface area (Å²) in [6, 6.07) is 6.33. The van der Waals surface area contributed by atoms with Crippen LogP contribution in [0.2, 0.25) is 0 Å². The predicted octanol–water partition coefficient (Wildman–Crippen LogP) is 1.38. The molecule has 1 aliphatic rings. The van der Waals surface area contributed by atoms with Crippen molar-refractivity contribution in [2.75, 3.05) is 38.2 Å². The van der Waals surface area contributed by atoms with Crippen molar-refractivity contribution in [3.8, 4) is 0 Å². The van der Waals surface area contributed by atoms with E-state index in [1.54, 1.807) is 27.9 Å². The average molecular weight is 345 g/mol. The van der Waals surface area contributed by atoms with E-state index in [4.69, 9.17) is 4.74 Å². The number of aromatic nitrogens is 2. The van der Waals surface area contributed by atoms with E-state index in [2.05, 4.69) is 10.4 Å². The van der Waals surface area contributed by atoms with Crippen LogP contribution in [0.15, 0.2) is 36.7 Å². The fourth-order valence-electron chi connectivity index (χ4n) is 2.65. The first-order valence-electron chi connectivity index (χ1n) is 8.02. The first-order valence-corrected chi connectivity index (χ1v) is 8.02. The maximum atomic E-state index is 12.5. The smallest absolute Gasteiger partial charge is 0.293 e. The number of hydrogen-bond donors (Lipinski definition) is 1. The second-order valence-electron chi connectivity index (χ2n) is 5.59. The lowest BCUT2D eigenvalue weighted by Crippen LogP contribution is -2.40. The van der Waals surface area contributed by atoms with Gasteiger partial charge < -0.3 is 15.0 Å². The van der Waals surface area contributed by atoms with Crippen LogP contribution in [0.1, 0.15) is 10.4 Å². The van der Waals surface area contributed by atoms with Crippen LogP contribution in [0.5, 0.6) is 0 Å². The topological polar surface area (TPSA) is 103 Å². The van der Waals surface area contributed by atoms with E-state index in [-0.39, 0.29) is 11.6 Å². The average Bonchev–Trinajstić information content (AvgIpc) is 3.15. The van der Waals surface area contributed by atoms with Crippen LogP contribution in [-0.2, 0) is 11.3 Å². The molecule has 0 atom stereocenters. The maximum Gasteiger partial charge on any atom is 0.293 e. The predicted molar refractivity (Wildman–Crippen MR) is 90.5 cm³/mol. The van der Waals surface area contributed by atoms with Gasteiger partial charge in [0.15, 0.2) is 0 Å². The quantitative estimate of drug-likeness (QED) is 0.627. The summed E-state index contributed by atoms with van der Waals surface area (Å²) in [5, 5.41) is 18.5. The number of rotatable bonds is 6. The van der Waals surface area contributed by atoms with Crippen LogP contribution in [-0.4, -0.2) is 58.4 Å². The fraction of sp³-hybridized carbons (Fsp3) is 0.375. The van der Waals surface area contributed by atoms with E-state index in [1.165, 1.54) is 6.07 Å². The standard InChI is InChI=1S/C16H19N5O4/c22-16(19-8-10-25-11-9-19)13-2-3-14(15(12-13)21(23)24)17-5-7-20-6-1-4-18-20/h1-4,6,12,17H,5,7-11H2. The van der Waals surface area contributed by atoms with Gasteiger partial charge in [0.2, 0.25) is 0 Å². The molecule has 2 aromatic rings. The van der Waals surface area contributed by atoms with Gasteiger partial charge in [0.1, 0.15) is 5.69 Å². The van der Waals surface area contributed by atoms with Crippen LogP contribution in [0.25, 0.3) is 0 Å². The van der Waals surface area contributed by atoms with Crippen LogP contribution in [0, 0.1) is 10.1 Å². The number of benzene rings is 1. The molecule has 0 spiro atoms. The normalized spacial score (nSPS) is 14.3. The highest BCUT2D eigenvalue weighted by molar-refractivity contribution is 5.95. The minimum absolute atomic E-state index is 0.112. The molecular weight excluding hydrogens is 326 g/mol.